The van der Waals surface area contributed by atoms with E-state index in [0.29, 0.717) is 0 Å². The average Bonchev–Trinajstić information content (AvgIpc) is 3.07. The van der Waals surface area contributed by atoms with Crippen LogP contribution < -0.4 is 5.01 Å². The number of rotatable bonds is 3. The summed E-state index contributed by atoms with van der Waals surface area (Å²) in [6.07, 6.45) is 2.42. The Labute approximate surface area is 115 Å². The number of nitro benzene ring substituents is 1. The lowest BCUT2D eigenvalue weighted by molar-refractivity contribution is -0.384. The summed E-state index contributed by atoms with van der Waals surface area (Å²) in [5.74, 6) is 0.837. The van der Waals surface area contributed by atoms with Gasteiger partial charge in [0.05, 0.1) is 16.9 Å². The molecule has 6 nitrogen and oxygen atoms in total. The molecule has 0 aliphatic carbocycles. The number of hydrogen-bond donors (Lipinski definition) is 0. The molecule has 0 saturated carbocycles. The van der Waals surface area contributed by atoms with E-state index in [1.807, 2.05) is 24.1 Å². The Balaban J connectivity index is 1.92. The number of hydrogen-bond acceptors (Lipinski definition) is 5. The van der Waals surface area contributed by atoms with Crippen molar-refractivity contribution < 1.29 is 9.34 Å². The van der Waals surface area contributed by atoms with E-state index in [2.05, 4.69) is 5.10 Å². The summed E-state index contributed by atoms with van der Waals surface area (Å²) < 4.78 is 5.46. The summed E-state index contributed by atoms with van der Waals surface area (Å²) in [7, 11) is 0. The first-order chi connectivity index (χ1) is 9.65. The van der Waals surface area contributed by atoms with E-state index in [9.17, 15) is 10.1 Å². The third-order valence-corrected chi connectivity index (χ3v) is 3.26. The van der Waals surface area contributed by atoms with E-state index in [1.165, 1.54) is 12.1 Å². The summed E-state index contributed by atoms with van der Waals surface area (Å²) in [4.78, 5) is 10.3. The van der Waals surface area contributed by atoms with Gasteiger partial charge >= 0.3 is 0 Å². The Bertz CT molecular complexity index is 647. The first kappa shape index (κ1) is 12.4. The topological polar surface area (TPSA) is 71.9 Å². The summed E-state index contributed by atoms with van der Waals surface area (Å²) in [6.45, 7) is 1.96. The third-order valence-electron chi connectivity index (χ3n) is 3.26. The number of benzene rings is 1. The zero-order valence-corrected chi connectivity index (χ0v) is 10.9. The fourth-order valence-corrected chi connectivity index (χ4v) is 2.33. The van der Waals surface area contributed by atoms with Crippen LogP contribution in [0.4, 0.5) is 11.4 Å². The average molecular weight is 271 g/mol. The van der Waals surface area contributed by atoms with Crippen LogP contribution in [0.2, 0.25) is 0 Å². The van der Waals surface area contributed by atoms with Crippen molar-refractivity contribution in [3.8, 4) is 0 Å². The van der Waals surface area contributed by atoms with Crippen molar-refractivity contribution >= 4 is 17.1 Å². The first-order valence-corrected chi connectivity index (χ1v) is 6.26. The molecule has 0 bridgehead atoms. The fraction of sp³-hybridized carbons (Fsp3) is 0.214. The van der Waals surface area contributed by atoms with Crippen molar-refractivity contribution in [1.82, 2.24) is 0 Å². The van der Waals surface area contributed by atoms with E-state index in [1.54, 1.807) is 18.4 Å². The number of non-ortho nitro benzene ring substituents is 1. The van der Waals surface area contributed by atoms with Crippen LogP contribution in [-0.4, -0.2) is 10.6 Å². The molecule has 1 atom stereocenters. The SMILES string of the molecule is CC1=NN(c2ccc([N+](=O)[O-])cc2)[C@H](c2ccco2)C1. The molecule has 6 heteroatoms. The van der Waals surface area contributed by atoms with Gasteiger partial charge in [0, 0.05) is 24.3 Å². The van der Waals surface area contributed by atoms with E-state index >= 15 is 0 Å². The molecule has 2 aromatic rings. The maximum Gasteiger partial charge on any atom is 0.269 e. The molecule has 0 N–H and O–H groups in total. The van der Waals surface area contributed by atoms with Crippen molar-refractivity contribution in [2.75, 3.05) is 5.01 Å². The summed E-state index contributed by atoms with van der Waals surface area (Å²) in [5, 5.41) is 17.0. The molecular weight excluding hydrogens is 258 g/mol. The number of anilines is 1. The van der Waals surface area contributed by atoms with E-state index < -0.39 is 4.92 Å². The highest BCUT2D eigenvalue weighted by atomic mass is 16.6. The number of hydrazone groups is 1. The van der Waals surface area contributed by atoms with Gasteiger partial charge in [0.1, 0.15) is 11.8 Å². The number of nitrogens with zero attached hydrogens (tertiary/aromatic N) is 3. The van der Waals surface area contributed by atoms with Gasteiger partial charge in [0.25, 0.3) is 5.69 Å². The first-order valence-electron chi connectivity index (χ1n) is 6.26. The minimum absolute atomic E-state index is 0.00598. The van der Waals surface area contributed by atoms with Crippen LogP contribution in [0.3, 0.4) is 0 Å². The molecule has 1 aromatic heterocycles. The second-order valence-electron chi connectivity index (χ2n) is 4.69. The Morgan fingerprint density at radius 3 is 2.70 bits per heavy atom. The van der Waals surface area contributed by atoms with Gasteiger partial charge in [0.2, 0.25) is 0 Å². The molecule has 1 aliphatic rings. The summed E-state index contributed by atoms with van der Waals surface area (Å²) >= 11 is 0. The van der Waals surface area contributed by atoms with Crippen molar-refractivity contribution in [2.24, 2.45) is 5.10 Å². The molecule has 0 amide bonds. The predicted molar refractivity (Wildman–Crippen MR) is 74.8 cm³/mol. The van der Waals surface area contributed by atoms with Gasteiger partial charge in [-0.05, 0) is 31.2 Å². The van der Waals surface area contributed by atoms with Crippen LogP contribution in [0, 0.1) is 10.1 Å². The van der Waals surface area contributed by atoms with Crippen molar-refractivity contribution in [3.05, 3.63) is 58.5 Å². The quantitative estimate of drug-likeness (QED) is 0.632. The molecular formula is C14H13N3O3. The maximum atomic E-state index is 10.7. The van der Waals surface area contributed by atoms with Gasteiger partial charge in [-0.15, -0.1) is 0 Å². The highest BCUT2D eigenvalue weighted by molar-refractivity contribution is 5.86. The number of nitro groups is 1. The van der Waals surface area contributed by atoms with E-state index in [0.717, 1.165) is 23.6 Å². The summed E-state index contributed by atoms with van der Waals surface area (Å²) in [5.41, 5.74) is 1.89. The minimum Gasteiger partial charge on any atom is -0.467 e. The second kappa shape index (κ2) is 4.80. The molecule has 0 radical (unpaired) electrons. The fourth-order valence-electron chi connectivity index (χ4n) is 2.33. The second-order valence-corrected chi connectivity index (χ2v) is 4.69. The largest absolute Gasteiger partial charge is 0.467 e. The standard InChI is InChI=1S/C14H13N3O3/c1-10-9-13(14-3-2-8-20-14)16(15-10)11-4-6-12(7-5-11)17(18)19/h2-8,13H,9H2,1H3/t13-/m0/s1. The van der Waals surface area contributed by atoms with E-state index in [4.69, 9.17) is 4.42 Å². The molecule has 0 spiro atoms. The molecule has 20 heavy (non-hydrogen) atoms. The zero-order chi connectivity index (χ0) is 14.1. The lowest BCUT2D eigenvalue weighted by Gasteiger charge is -2.21. The van der Waals surface area contributed by atoms with Crippen LogP contribution in [-0.2, 0) is 0 Å². The Morgan fingerprint density at radius 2 is 2.10 bits per heavy atom. The predicted octanol–water partition coefficient (Wildman–Crippen LogP) is 3.52. The Hall–Kier alpha value is -2.63. The molecule has 0 fully saturated rings. The van der Waals surface area contributed by atoms with Crippen molar-refractivity contribution in [1.29, 1.82) is 0 Å². The molecule has 102 valence electrons. The van der Waals surface area contributed by atoms with E-state index in [-0.39, 0.29) is 11.7 Å². The smallest absolute Gasteiger partial charge is 0.269 e. The maximum absolute atomic E-state index is 10.7. The van der Waals surface area contributed by atoms with Crippen molar-refractivity contribution in [3.63, 3.8) is 0 Å². The molecule has 2 heterocycles. The van der Waals surface area contributed by atoms with Gasteiger partial charge in [-0.25, -0.2) is 0 Å². The van der Waals surface area contributed by atoms with Crippen LogP contribution in [0.15, 0.2) is 52.2 Å². The monoisotopic (exact) mass is 271 g/mol. The highest BCUT2D eigenvalue weighted by Gasteiger charge is 2.29. The van der Waals surface area contributed by atoms with Crippen LogP contribution >= 0.6 is 0 Å². The van der Waals surface area contributed by atoms with Crippen LogP contribution in [0.1, 0.15) is 25.1 Å². The van der Waals surface area contributed by atoms with Gasteiger partial charge in [-0.1, -0.05) is 0 Å². The minimum atomic E-state index is -0.410. The van der Waals surface area contributed by atoms with Gasteiger partial charge in [-0.3, -0.25) is 15.1 Å². The Morgan fingerprint density at radius 1 is 1.35 bits per heavy atom. The molecule has 1 aliphatic heterocycles. The highest BCUT2D eigenvalue weighted by Crippen LogP contribution is 2.35. The normalized spacial score (nSPS) is 18.1. The van der Waals surface area contributed by atoms with Crippen LogP contribution in [0.5, 0.6) is 0 Å². The van der Waals surface area contributed by atoms with Gasteiger partial charge in [-0.2, -0.15) is 5.10 Å². The molecule has 1 aromatic carbocycles. The number of furan rings is 1. The van der Waals surface area contributed by atoms with Crippen LogP contribution in [0.25, 0.3) is 0 Å². The third kappa shape index (κ3) is 2.16. The Kier molecular flexibility index (Phi) is 2.98. The lowest BCUT2D eigenvalue weighted by atomic mass is 10.1. The van der Waals surface area contributed by atoms with Crippen molar-refractivity contribution in [2.45, 2.75) is 19.4 Å². The molecule has 3 rings (SSSR count). The lowest BCUT2D eigenvalue weighted by Crippen LogP contribution is -2.17. The van der Waals surface area contributed by atoms with Gasteiger partial charge in [0.15, 0.2) is 0 Å². The summed E-state index contributed by atoms with van der Waals surface area (Å²) in [6, 6.07) is 10.1. The zero-order valence-electron chi connectivity index (χ0n) is 10.9. The molecule has 0 saturated heterocycles. The van der Waals surface area contributed by atoms with Gasteiger partial charge < -0.3 is 4.42 Å². The molecule has 0 unspecified atom stereocenters.